The summed E-state index contributed by atoms with van der Waals surface area (Å²) in [5, 5.41) is 2.38. The van der Waals surface area contributed by atoms with Gasteiger partial charge in [0, 0.05) is 11.8 Å². The van der Waals surface area contributed by atoms with Gasteiger partial charge in [0.15, 0.2) is 6.61 Å². The smallest absolute Gasteiger partial charge is 0.338 e. The molecule has 2 aromatic carbocycles. The molecule has 0 saturated heterocycles. The minimum absolute atomic E-state index is 0.0185. The molecule has 0 fully saturated rings. The van der Waals surface area contributed by atoms with E-state index in [0.717, 1.165) is 12.1 Å². The molecule has 7 nitrogen and oxygen atoms in total. The maximum Gasteiger partial charge on any atom is 0.338 e. The van der Waals surface area contributed by atoms with E-state index in [9.17, 15) is 26.8 Å². The van der Waals surface area contributed by atoms with Crippen LogP contribution >= 0.6 is 0 Å². The van der Waals surface area contributed by atoms with Crippen molar-refractivity contribution in [2.75, 3.05) is 19.0 Å². The van der Waals surface area contributed by atoms with Crippen molar-refractivity contribution in [3.8, 4) is 0 Å². The topological polar surface area (TPSA) is 102 Å². The SMILES string of the molecule is CNS(=O)(=O)c1cc(NC(=O)COC(=O)c2cc(F)cc(F)c2)ccc1C. The first-order valence-corrected chi connectivity index (χ1v) is 9.08. The summed E-state index contributed by atoms with van der Waals surface area (Å²) in [5.74, 6) is -3.74. The highest BCUT2D eigenvalue weighted by molar-refractivity contribution is 7.89. The Morgan fingerprint density at radius 3 is 2.30 bits per heavy atom. The molecule has 0 atom stereocenters. The van der Waals surface area contributed by atoms with E-state index in [2.05, 4.69) is 10.0 Å². The lowest BCUT2D eigenvalue weighted by Crippen LogP contribution is -2.22. The fourth-order valence-electron chi connectivity index (χ4n) is 2.16. The summed E-state index contributed by atoms with van der Waals surface area (Å²) in [6.45, 7) is 0.870. The molecule has 0 aliphatic rings. The van der Waals surface area contributed by atoms with Crippen LogP contribution in [0.15, 0.2) is 41.3 Å². The zero-order valence-corrected chi connectivity index (χ0v) is 15.2. The largest absolute Gasteiger partial charge is 0.452 e. The Labute approximate surface area is 154 Å². The van der Waals surface area contributed by atoms with Gasteiger partial charge < -0.3 is 10.1 Å². The first-order valence-electron chi connectivity index (χ1n) is 7.59. The van der Waals surface area contributed by atoms with Crippen LogP contribution in [0.4, 0.5) is 14.5 Å². The van der Waals surface area contributed by atoms with E-state index in [4.69, 9.17) is 4.74 Å². The van der Waals surface area contributed by atoms with Crippen molar-refractivity contribution < 1.29 is 31.5 Å². The van der Waals surface area contributed by atoms with Crippen LogP contribution in [0.1, 0.15) is 15.9 Å². The van der Waals surface area contributed by atoms with E-state index < -0.39 is 40.1 Å². The van der Waals surface area contributed by atoms with Gasteiger partial charge >= 0.3 is 5.97 Å². The summed E-state index contributed by atoms with van der Waals surface area (Å²) < 4.78 is 56.9. The minimum atomic E-state index is -3.71. The van der Waals surface area contributed by atoms with Gasteiger partial charge in [-0.05, 0) is 43.8 Å². The Hall–Kier alpha value is -2.85. The van der Waals surface area contributed by atoms with Crippen molar-refractivity contribution >= 4 is 27.6 Å². The van der Waals surface area contributed by atoms with Gasteiger partial charge in [0.25, 0.3) is 5.91 Å². The molecule has 0 heterocycles. The third kappa shape index (κ3) is 5.31. The van der Waals surface area contributed by atoms with Crippen LogP contribution in [0.3, 0.4) is 0 Å². The number of hydrogen-bond donors (Lipinski definition) is 2. The predicted octanol–water partition coefficient (Wildman–Crippen LogP) is 1.98. The van der Waals surface area contributed by atoms with Crippen molar-refractivity contribution in [3.05, 3.63) is 59.2 Å². The van der Waals surface area contributed by atoms with E-state index >= 15 is 0 Å². The molecule has 2 N–H and O–H groups in total. The number of ether oxygens (including phenoxy) is 1. The van der Waals surface area contributed by atoms with E-state index in [-0.39, 0.29) is 16.1 Å². The summed E-state index contributed by atoms with van der Waals surface area (Å²) >= 11 is 0. The van der Waals surface area contributed by atoms with Gasteiger partial charge in [-0.25, -0.2) is 26.7 Å². The molecule has 1 amide bonds. The third-order valence-corrected chi connectivity index (χ3v) is 5.02. The molecule has 0 bridgehead atoms. The first-order chi connectivity index (χ1) is 12.6. The lowest BCUT2D eigenvalue weighted by Gasteiger charge is -2.10. The number of sulfonamides is 1. The standard InChI is InChI=1S/C17H16F2N2O5S/c1-10-3-4-14(8-15(10)27(24,25)20-2)21-16(22)9-26-17(23)11-5-12(18)7-13(19)6-11/h3-8,20H,9H2,1-2H3,(H,21,22). The molecule has 2 rings (SSSR count). The zero-order chi connectivity index (χ0) is 20.2. The molecule has 0 aromatic heterocycles. The number of carbonyl (C=O) groups is 2. The maximum atomic E-state index is 13.1. The van der Waals surface area contributed by atoms with Crippen LogP contribution in [0.5, 0.6) is 0 Å². The second-order valence-electron chi connectivity index (χ2n) is 5.47. The highest BCUT2D eigenvalue weighted by Gasteiger charge is 2.17. The van der Waals surface area contributed by atoms with Crippen LogP contribution in [-0.2, 0) is 19.6 Å². The molecule has 144 valence electrons. The zero-order valence-electron chi connectivity index (χ0n) is 14.4. The molecule has 0 unspecified atom stereocenters. The van der Waals surface area contributed by atoms with Crippen molar-refractivity contribution in [1.29, 1.82) is 0 Å². The highest BCUT2D eigenvalue weighted by Crippen LogP contribution is 2.20. The number of benzene rings is 2. The monoisotopic (exact) mass is 398 g/mol. The number of halogens is 2. The van der Waals surface area contributed by atoms with E-state index in [1.165, 1.54) is 25.2 Å². The maximum absolute atomic E-state index is 13.1. The number of aryl methyl sites for hydroxylation is 1. The highest BCUT2D eigenvalue weighted by atomic mass is 32.2. The molecule has 2 aromatic rings. The third-order valence-electron chi connectivity index (χ3n) is 3.46. The average Bonchev–Trinajstić information content (AvgIpc) is 2.60. The van der Waals surface area contributed by atoms with Gasteiger partial charge in [-0.1, -0.05) is 6.07 Å². The molecule has 0 aliphatic heterocycles. The van der Waals surface area contributed by atoms with Crippen molar-refractivity contribution in [2.45, 2.75) is 11.8 Å². The van der Waals surface area contributed by atoms with Gasteiger partial charge in [0.1, 0.15) is 11.6 Å². The van der Waals surface area contributed by atoms with Crippen molar-refractivity contribution in [3.63, 3.8) is 0 Å². The fraction of sp³-hybridized carbons (Fsp3) is 0.176. The normalized spacial score (nSPS) is 11.1. The molecule has 0 aliphatic carbocycles. The van der Waals surface area contributed by atoms with Crippen LogP contribution in [0, 0.1) is 18.6 Å². The van der Waals surface area contributed by atoms with E-state index in [0.29, 0.717) is 11.6 Å². The number of esters is 1. The Morgan fingerprint density at radius 1 is 1.07 bits per heavy atom. The molecule has 27 heavy (non-hydrogen) atoms. The van der Waals surface area contributed by atoms with Crippen LogP contribution in [0.2, 0.25) is 0 Å². The van der Waals surface area contributed by atoms with Gasteiger partial charge in [0.05, 0.1) is 10.5 Å². The van der Waals surface area contributed by atoms with E-state index in [1.54, 1.807) is 6.92 Å². The summed E-state index contributed by atoms with van der Waals surface area (Å²) in [6.07, 6.45) is 0. The number of nitrogens with one attached hydrogen (secondary N) is 2. The molecule has 0 radical (unpaired) electrons. The molecular formula is C17H16F2N2O5S. The van der Waals surface area contributed by atoms with Gasteiger partial charge in [-0.15, -0.1) is 0 Å². The van der Waals surface area contributed by atoms with Gasteiger partial charge in [-0.3, -0.25) is 4.79 Å². The molecule has 0 saturated carbocycles. The van der Waals surface area contributed by atoms with E-state index in [1.807, 2.05) is 0 Å². The lowest BCUT2D eigenvalue weighted by atomic mass is 10.2. The Morgan fingerprint density at radius 2 is 1.70 bits per heavy atom. The van der Waals surface area contributed by atoms with Crippen LogP contribution < -0.4 is 10.0 Å². The predicted molar refractivity (Wildman–Crippen MR) is 92.7 cm³/mol. The average molecular weight is 398 g/mol. The molecule has 10 heteroatoms. The quantitative estimate of drug-likeness (QED) is 0.725. The van der Waals surface area contributed by atoms with Gasteiger partial charge in [0.2, 0.25) is 10.0 Å². The molecular weight excluding hydrogens is 382 g/mol. The summed E-state index contributed by atoms with van der Waals surface area (Å²) in [6, 6.07) is 6.38. The minimum Gasteiger partial charge on any atom is -0.452 e. The Balaban J connectivity index is 2.04. The fourth-order valence-corrected chi connectivity index (χ4v) is 3.15. The number of amides is 1. The Bertz CT molecular complexity index is 973. The summed E-state index contributed by atoms with van der Waals surface area (Å²) in [5.41, 5.74) is 0.271. The second-order valence-corrected chi connectivity index (χ2v) is 7.33. The number of anilines is 1. The number of hydrogen-bond acceptors (Lipinski definition) is 5. The molecule has 0 spiro atoms. The van der Waals surface area contributed by atoms with Crippen molar-refractivity contribution in [1.82, 2.24) is 4.72 Å². The van der Waals surface area contributed by atoms with Crippen molar-refractivity contribution in [2.24, 2.45) is 0 Å². The number of rotatable bonds is 6. The van der Waals surface area contributed by atoms with Crippen LogP contribution in [0.25, 0.3) is 0 Å². The van der Waals surface area contributed by atoms with Gasteiger partial charge in [-0.2, -0.15) is 0 Å². The number of carbonyl (C=O) groups excluding carboxylic acids is 2. The Kier molecular flexibility index (Phi) is 6.24. The first kappa shape index (κ1) is 20.5. The van der Waals surface area contributed by atoms with Crippen LogP contribution in [-0.4, -0.2) is 33.9 Å². The summed E-state index contributed by atoms with van der Waals surface area (Å²) in [4.78, 5) is 23.6. The second kappa shape index (κ2) is 8.23. The lowest BCUT2D eigenvalue weighted by molar-refractivity contribution is -0.119. The summed E-state index contributed by atoms with van der Waals surface area (Å²) in [7, 11) is -2.46.